The van der Waals surface area contributed by atoms with Gasteiger partial charge in [0.2, 0.25) is 5.76 Å². The van der Waals surface area contributed by atoms with Crippen molar-refractivity contribution in [2.75, 3.05) is 13.2 Å². The maximum absolute atomic E-state index is 8.99. The second-order valence-corrected chi connectivity index (χ2v) is 8.56. The van der Waals surface area contributed by atoms with Crippen LogP contribution in [0.25, 0.3) is 11.0 Å². The molecule has 27 heavy (non-hydrogen) atoms. The third kappa shape index (κ3) is 3.10. The number of aliphatic imine (C=N–C) groups is 1. The Hall–Kier alpha value is -1.75. The van der Waals surface area contributed by atoms with E-state index in [1.165, 1.54) is 32.1 Å². The molecular formula is C20H21BrN4O2. The third-order valence-corrected chi connectivity index (χ3v) is 6.97. The van der Waals surface area contributed by atoms with Crippen LogP contribution in [0.5, 0.6) is 0 Å². The number of pyridine rings is 1. The first-order valence-corrected chi connectivity index (χ1v) is 10.4. The third-order valence-electron chi connectivity index (χ3n) is 6.19. The molecule has 1 aliphatic carbocycles. The van der Waals surface area contributed by atoms with Crippen LogP contribution in [0.2, 0.25) is 0 Å². The molecule has 140 valence electrons. The van der Waals surface area contributed by atoms with Gasteiger partial charge in [-0.05, 0) is 54.0 Å². The summed E-state index contributed by atoms with van der Waals surface area (Å²) in [7, 11) is 0. The van der Waals surface area contributed by atoms with Crippen LogP contribution in [0.1, 0.15) is 37.9 Å². The van der Waals surface area contributed by atoms with Crippen LogP contribution in [-0.2, 0) is 4.74 Å². The Bertz CT molecular complexity index is 912. The Balaban J connectivity index is 1.24. The Morgan fingerprint density at radius 3 is 2.70 bits per heavy atom. The van der Waals surface area contributed by atoms with Gasteiger partial charge in [-0.15, -0.1) is 0 Å². The largest absolute Gasteiger partial charge is 0.444 e. The predicted octanol–water partition coefficient (Wildman–Crippen LogP) is 4.20. The van der Waals surface area contributed by atoms with Gasteiger partial charge in [0.1, 0.15) is 6.07 Å². The first-order chi connectivity index (χ1) is 13.2. The fraction of sp³-hybridized carbons (Fsp3) is 0.550. The second kappa shape index (κ2) is 7.01. The van der Waals surface area contributed by atoms with E-state index in [1.54, 1.807) is 12.3 Å². The first-order valence-electron chi connectivity index (χ1n) is 9.60. The molecule has 0 aromatic carbocycles. The van der Waals surface area contributed by atoms with Gasteiger partial charge < -0.3 is 9.15 Å². The summed E-state index contributed by atoms with van der Waals surface area (Å²) in [6.45, 7) is 1.84. The van der Waals surface area contributed by atoms with Gasteiger partial charge in [0, 0.05) is 35.8 Å². The Morgan fingerprint density at radius 1 is 1.22 bits per heavy atom. The Morgan fingerprint density at radius 2 is 2.00 bits per heavy atom. The Kier molecular flexibility index (Phi) is 4.50. The highest BCUT2D eigenvalue weighted by Gasteiger charge is 2.46. The van der Waals surface area contributed by atoms with Crippen LogP contribution in [-0.4, -0.2) is 47.4 Å². The van der Waals surface area contributed by atoms with Crippen LogP contribution >= 0.6 is 15.9 Å². The monoisotopic (exact) mass is 428 g/mol. The van der Waals surface area contributed by atoms with E-state index in [0.717, 1.165) is 29.1 Å². The summed E-state index contributed by atoms with van der Waals surface area (Å²) in [5.41, 5.74) is 0.599. The summed E-state index contributed by atoms with van der Waals surface area (Å²) < 4.78 is 11.8. The van der Waals surface area contributed by atoms with Gasteiger partial charge in [0.25, 0.3) is 0 Å². The van der Waals surface area contributed by atoms with E-state index in [1.807, 2.05) is 6.07 Å². The molecule has 7 heteroatoms. The van der Waals surface area contributed by atoms with Crippen LogP contribution in [0.4, 0.5) is 5.82 Å². The molecule has 1 saturated carbocycles. The molecule has 2 saturated heterocycles. The molecule has 2 aliphatic heterocycles. The summed E-state index contributed by atoms with van der Waals surface area (Å²) in [5.74, 6) is 1.43. The molecule has 6 nitrogen and oxygen atoms in total. The molecule has 2 aromatic heterocycles. The quantitative estimate of drug-likeness (QED) is 0.684. The fourth-order valence-corrected chi connectivity index (χ4v) is 5.32. The highest BCUT2D eigenvalue weighted by atomic mass is 79.9. The van der Waals surface area contributed by atoms with Gasteiger partial charge >= 0.3 is 0 Å². The van der Waals surface area contributed by atoms with Crippen molar-refractivity contribution in [3.63, 3.8) is 0 Å². The zero-order chi connectivity index (χ0) is 18.4. The minimum Gasteiger partial charge on any atom is -0.444 e. The number of nitriles is 1. The van der Waals surface area contributed by atoms with Crippen molar-refractivity contribution in [2.45, 2.75) is 50.2 Å². The van der Waals surface area contributed by atoms with Gasteiger partial charge in [0.05, 0.1) is 23.9 Å². The lowest BCUT2D eigenvalue weighted by atomic mass is 9.80. The molecule has 2 atom stereocenters. The van der Waals surface area contributed by atoms with E-state index in [-0.39, 0.29) is 5.76 Å². The maximum Gasteiger partial charge on any atom is 0.204 e. The van der Waals surface area contributed by atoms with E-state index in [0.29, 0.717) is 29.4 Å². The zero-order valence-corrected chi connectivity index (χ0v) is 16.6. The minimum atomic E-state index is 0.285. The Labute approximate surface area is 166 Å². The summed E-state index contributed by atoms with van der Waals surface area (Å²) in [4.78, 5) is 11.7. The first kappa shape index (κ1) is 17.4. The summed E-state index contributed by atoms with van der Waals surface area (Å²) in [6.07, 6.45) is 9.85. The predicted molar refractivity (Wildman–Crippen MR) is 105 cm³/mol. The zero-order valence-electron chi connectivity index (χ0n) is 15.0. The number of fused-ring (bicyclic) bond motifs is 3. The molecular weight excluding hydrogens is 408 g/mol. The highest BCUT2D eigenvalue weighted by molar-refractivity contribution is 9.10. The number of nitrogens with zero attached hydrogens (tertiary/aromatic N) is 4. The molecule has 0 N–H and O–H groups in total. The van der Waals surface area contributed by atoms with Crippen molar-refractivity contribution in [1.82, 2.24) is 9.88 Å². The van der Waals surface area contributed by atoms with Gasteiger partial charge in [0.15, 0.2) is 11.4 Å². The van der Waals surface area contributed by atoms with E-state index >= 15 is 0 Å². The smallest absolute Gasteiger partial charge is 0.204 e. The van der Waals surface area contributed by atoms with E-state index in [9.17, 15) is 0 Å². The van der Waals surface area contributed by atoms with Crippen molar-refractivity contribution in [3.8, 4) is 6.07 Å². The van der Waals surface area contributed by atoms with E-state index in [2.05, 4.69) is 37.0 Å². The highest BCUT2D eigenvalue weighted by Crippen LogP contribution is 2.39. The van der Waals surface area contributed by atoms with E-state index in [4.69, 9.17) is 14.4 Å². The summed E-state index contributed by atoms with van der Waals surface area (Å²) in [6, 6.07) is 5.79. The van der Waals surface area contributed by atoms with E-state index < -0.39 is 0 Å². The number of hydrogen-bond acceptors (Lipinski definition) is 6. The van der Waals surface area contributed by atoms with Crippen LogP contribution in [0, 0.1) is 17.2 Å². The number of hydrogen-bond donors (Lipinski definition) is 0. The molecule has 4 heterocycles. The van der Waals surface area contributed by atoms with Crippen molar-refractivity contribution in [2.24, 2.45) is 10.9 Å². The number of rotatable bonds is 3. The molecule has 2 unspecified atom stereocenters. The lowest BCUT2D eigenvalue weighted by molar-refractivity contribution is -0.152. The summed E-state index contributed by atoms with van der Waals surface area (Å²) >= 11 is 3.56. The normalized spacial score (nSPS) is 31.1. The molecule has 0 spiro atoms. The summed E-state index contributed by atoms with van der Waals surface area (Å²) in [5, 5.41) is 9.82. The van der Waals surface area contributed by atoms with Crippen molar-refractivity contribution >= 4 is 38.9 Å². The lowest BCUT2D eigenvalue weighted by Gasteiger charge is -2.57. The molecule has 3 fully saturated rings. The van der Waals surface area contributed by atoms with Gasteiger partial charge in [-0.1, -0.05) is 0 Å². The van der Waals surface area contributed by atoms with Crippen molar-refractivity contribution in [1.29, 1.82) is 5.26 Å². The molecule has 0 radical (unpaired) electrons. The fourth-order valence-electron chi connectivity index (χ4n) is 4.80. The van der Waals surface area contributed by atoms with Gasteiger partial charge in [-0.25, -0.2) is 9.98 Å². The molecule has 2 bridgehead atoms. The number of halogens is 1. The van der Waals surface area contributed by atoms with Crippen molar-refractivity contribution < 1.29 is 9.15 Å². The number of ether oxygens (including phenoxy) is 1. The average Bonchev–Trinajstić information content (AvgIpc) is 3.13. The maximum atomic E-state index is 8.99. The van der Waals surface area contributed by atoms with Gasteiger partial charge in [-0.3, -0.25) is 4.90 Å². The van der Waals surface area contributed by atoms with Crippen LogP contribution in [0.15, 0.2) is 26.1 Å². The molecule has 3 aliphatic rings. The topological polar surface area (TPSA) is 74.7 Å². The van der Waals surface area contributed by atoms with Gasteiger partial charge in [-0.2, -0.15) is 5.26 Å². The molecule has 2 aromatic rings. The van der Waals surface area contributed by atoms with Crippen LogP contribution < -0.4 is 0 Å². The average molecular weight is 429 g/mol. The minimum absolute atomic E-state index is 0.285. The standard InChI is InChI=1S/C20H21BrN4O2/c21-19-17-6-16(7-22)27-18(17)9-24-20(19)23-8-12-1-3-13(4-2-12)25-14-5-15(25)11-26-10-14/h6,8-9,12-15H,1-5,10-11H2. The SMILES string of the molecule is N#Cc1cc2c(Br)c(N=CC3CCC(N4C5COCC4C5)CC3)ncc2o1. The second-order valence-electron chi connectivity index (χ2n) is 7.77. The molecule has 5 rings (SSSR count). The van der Waals surface area contributed by atoms with Crippen LogP contribution in [0.3, 0.4) is 0 Å². The number of furan rings is 1. The molecule has 0 amide bonds. The number of aromatic nitrogens is 1. The van der Waals surface area contributed by atoms with Crippen molar-refractivity contribution in [3.05, 3.63) is 22.5 Å². The lowest BCUT2D eigenvalue weighted by Crippen LogP contribution is -2.67. The number of morpholine rings is 1.